The fourth-order valence-electron chi connectivity index (χ4n) is 7.27. The molecule has 0 radical (unpaired) electrons. The highest BCUT2D eigenvalue weighted by Crippen LogP contribution is 2.28. The molecule has 3 fully saturated rings. The summed E-state index contributed by atoms with van der Waals surface area (Å²) in [6.07, 6.45) is 3.69. The molecule has 3 aliphatic heterocycles. The van der Waals surface area contributed by atoms with Gasteiger partial charge in [-0.2, -0.15) is 0 Å². The first kappa shape index (κ1) is 39.1. The Kier molecular flexibility index (Phi) is 12.6. The molecule has 13 heteroatoms. The number of hydrogen-bond donors (Lipinski definition) is 1. The summed E-state index contributed by atoms with van der Waals surface area (Å²) in [7, 11) is 3.97. The Hall–Kier alpha value is -5.73. The molecule has 6 aromatic rings. The molecule has 3 aliphatic rings. The predicted octanol–water partition coefficient (Wildman–Crippen LogP) is 5.39. The second-order valence-corrected chi connectivity index (χ2v) is 14.8. The number of benzene rings is 4. The number of morpholine rings is 3. The number of carbonyl (C=O) groups excluding carboxylic acids is 1. The molecule has 2 aromatic heterocycles. The third-order valence-electron chi connectivity index (χ3n) is 10.6. The summed E-state index contributed by atoms with van der Waals surface area (Å²) in [6.45, 7) is 11.2. The monoisotopic (exact) mass is 781 g/mol. The fraction of sp³-hybridized carbons (Fsp3) is 0.356. The normalized spacial score (nSPS) is 16.0. The van der Waals surface area contributed by atoms with E-state index in [9.17, 15) is 4.79 Å². The van der Waals surface area contributed by atoms with E-state index in [1.54, 1.807) is 0 Å². The quantitative estimate of drug-likeness (QED) is 0.203. The second kappa shape index (κ2) is 18.7. The number of nitrogens with zero attached hydrogens (tertiary/aromatic N) is 8. The molecule has 9 rings (SSSR count). The lowest BCUT2D eigenvalue weighted by atomic mass is 10.0. The van der Waals surface area contributed by atoms with Gasteiger partial charge in [0.1, 0.15) is 11.6 Å². The number of ether oxygens (including phenoxy) is 3. The molecular formula is C45H51N9O4. The van der Waals surface area contributed by atoms with Crippen LogP contribution in [-0.4, -0.2) is 137 Å². The Morgan fingerprint density at radius 2 is 1.07 bits per heavy atom. The summed E-state index contributed by atoms with van der Waals surface area (Å²) < 4.78 is 16.3. The largest absolute Gasteiger partial charge is 0.378 e. The first-order valence-corrected chi connectivity index (χ1v) is 20.1. The third kappa shape index (κ3) is 9.68. The zero-order chi connectivity index (χ0) is 39.7. The van der Waals surface area contributed by atoms with Crippen LogP contribution in [0.4, 0.5) is 17.3 Å². The molecule has 4 aromatic carbocycles. The SMILES string of the molecule is CN(C)CCNC(=O)c1cccc(-c2ccc3ncc(N4CCOCC4)nc3c2)c1.c1cc(N2CCOCC2)ccc1-c1ccc2ncc(N3CCOCC3)nc2c1. The summed E-state index contributed by atoms with van der Waals surface area (Å²) in [5.74, 6) is 1.74. The first-order chi connectivity index (χ1) is 28.5. The lowest BCUT2D eigenvalue weighted by molar-refractivity contribution is 0.0951. The molecule has 0 unspecified atom stereocenters. The standard InChI is InChI=1S/C23H27N5O2.C22H24N4O2/c1-27(2)9-8-24-23(29)19-5-3-4-17(14-19)18-6-7-20-21(15-18)26-22(16-25-20)28-10-12-30-13-11-28;1-4-19(25-7-11-27-12-8-25)5-2-17(1)18-3-6-20-21(15-18)24-22(16-23-20)26-9-13-28-14-10-26/h3-7,14-16H,8-13H2,1-2H3,(H,24,29);1-6,15-16H,7-14H2. The molecule has 300 valence electrons. The van der Waals surface area contributed by atoms with Crippen molar-refractivity contribution in [2.75, 3.05) is 121 Å². The average molecular weight is 782 g/mol. The molecule has 0 aliphatic carbocycles. The molecule has 3 saturated heterocycles. The van der Waals surface area contributed by atoms with E-state index in [0.29, 0.717) is 25.3 Å². The van der Waals surface area contributed by atoms with Gasteiger partial charge in [-0.1, -0.05) is 36.4 Å². The van der Waals surface area contributed by atoms with Gasteiger partial charge >= 0.3 is 0 Å². The number of carbonyl (C=O) groups is 1. The lowest BCUT2D eigenvalue weighted by Crippen LogP contribution is -2.36. The maximum atomic E-state index is 12.5. The van der Waals surface area contributed by atoms with Gasteiger partial charge in [0.25, 0.3) is 5.91 Å². The Morgan fingerprint density at radius 1 is 0.586 bits per heavy atom. The van der Waals surface area contributed by atoms with Gasteiger partial charge in [0, 0.05) is 63.6 Å². The highest BCUT2D eigenvalue weighted by molar-refractivity contribution is 5.95. The number of nitrogens with one attached hydrogen (secondary N) is 1. The van der Waals surface area contributed by atoms with Crippen LogP contribution in [0, 0.1) is 0 Å². The molecule has 0 bridgehead atoms. The van der Waals surface area contributed by atoms with Crippen LogP contribution in [-0.2, 0) is 14.2 Å². The number of amides is 1. The van der Waals surface area contributed by atoms with Crippen LogP contribution in [0.3, 0.4) is 0 Å². The first-order valence-electron chi connectivity index (χ1n) is 20.1. The van der Waals surface area contributed by atoms with E-state index < -0.39 is 0 Å². The smallest absolute Gasteiger partial charge is 0.251 e. The van der Waals surface area contributed by atoms with Crippen LogP contribution in [0.15, 0.2) is 97.3 Å². The van der Waals surface area contributed by atoms with Crippen LogP contribution in [0.2, 0.25) is 0 Å². The highest BCUT2D eigenvalue weighted by Gasteiger charge is 2.16. The van der Waals surface area contributed by atoms with Crippen molar-refractivity contribution in [1.82, 2.24) is 30.2 Å². The van der Waals surface area contributed by atoms with Gasteiger partial charge in [-0.15, -0.1) is 0 Å². The average Bonchev–Trinajstić information content (AvgIpc) is 3.29. The number of likely N-dealkylation sites (N-methyl/N-ethyl adjacent to an activating group) is 1. The molecule has 0 saturated carbocycles. The van der Waals surface area contributed by atoms with Gasteiger partial charge in [-0.25, -0.2) is 9.97 Å². The molecule has 13 nitrogen and oxygen atoms in total. The second-order valence-electron chi connectivity index (χ2n) is 14.8. The zero-order valence-corrected chi connectivity index (χ0v) is 33.3. The van der Waals surface area contributed by atoms with Gasteiger partial charge in [0.05, 0.1) is 74.1 Å². The van der Waals surface area contributed by atoms with E-state index in [1.165, 1.54) is 11.3 Å². The van der Waals surface area contributed by atoms with Crippen molar-refractivity contribution in [3.8, 4) is 22.3 Å². The van der Waals surface area contributed by atoms with E-state index in [-0.39, 0.29) is 5.91 Å². The van der Waals surface area contributed by atoms with Gasteiger partial charge in [0.15, 0.2) is 0 Å². The summed E-state index contributed by atoms with van der Waals surface area (Å²) in [5, 5.41) is 2.96. The van der Waals surface area contributed by atoms with Gasteiger partial charge < -0.3 is 39.1 Å². The Morgan fingerprint density at radius 3 is 1.60 bits per heavy atom. The minimum absolute atomic E-state index is 0.0612. The summed E-state index contributed by atoms with van der Waals surface area (Å²) in [5.41, 5.74) is 9.80. The molecule has 0 spiro atoms. The molecule has 5 heterocycles. The predicted molar refractivity (Wildman–Crippen MR) is 230 cm³/mol. The van der Waals surface area contributed by atoms with Crippen LogP contribution in [0.5, 0.6) is 0 Å². The summed E-state index contributed by atoms with van der Waals surface area (Å²) in [4.78, 5) is 40.2. The Labute approximate surface area is 339 Å². The number of fused-ring (bicyclic) bond motifs is 2. The maximum Gasteiger partial charge on any atom is 0.251 e. The van der Waals surface area contributed by atoms with Crippen LogP contribution in [0.1, 0.15) is 10.4 Å². The van der Waals surface area contributed by atoms with Crippen molar-refractivity contribution in [3.05, 3.63) is 103 Å². The van der Waals surface area contributed by atoms with E-state index in [0.717, 1.165) is 123 Å². The minimum Gasteiger partial charge on any atom is -0.378 e. The zero-order valence-electron chi connectivity index (χ0n) is 33.3. The molecule has 58 heavy (non-hydrogen) atoms. The minimum atomic E-state index is -0.0612. The van der Waals surface area contributed by atoms with Crippen LogP contribution < -0.4 is 20.0 Å². The Bertz CT molecular complexity index is 2300. The fourth-order valence-corrected chi connectivity index (χ4v) is 7.27. The van der Waals surface area contributed by atoms with Gasteiger partial charge in [0.2, 0.25) is 0 Å². The maximum absolute atomic E-state index is 12.5. The lowest BCUT2D eigenvalue weighted by Gasteiger charge is -2.29. The molecule has 0 atom stereocenters. The van der Waals surface area contributed by atoms with Gasteiger partial charge in [-0.3, -0.25) is 14.8 Å². The van der Waals surface area contributed by atoms with Crippen molar-refractivity contribution >= 4 is 45.3 Å². The van der Waals surface area contributed by atoms with Crippen molar-refractivity contribution in [2.24, 2.45) is 0 Å². The summed E-state index contributed by atoms with van der Waals surface area (Å²) in [6, 6.07) is 28.8. The summed E-state index contributed by atoms with van der Waals surface area (Å²) >= 11 is 0. The van der Waals surface area contributed by atoms with E-state index in [4.69, 9.17) is 24.2 Å². The topological polar surface area (TPSA) is 121 Å². The van der Waals surface area contributed by atoms with Crippen LogP contribution in [0.25, 0.3) is 44.3 Å². The van der Waals surface area contributed by atoms with Crippen molar-refractivity contribution in [3.63, 3.8) is 0 Å². The third-order valence-corrected chi connectivity index (χ3v) is 10.6. The van der Waals surface area contributed by atoms with E-state index in [2.05, 4.69) is 72.4 Å². The Balaban J connectivity index is 0.000000162. The highest BCUT2D eigenvalue weighted by atomic mass is 16.5. The van der Waals surface area contributed by atoms with Crippen molar-refractivity contribution < 1.29 is 19.0 Å². The van der Waals surface area contributed by atoms with Gasteiger partial charge in [-0.05, 0) is 84.9 Å². The van der Waals surface area contributed by atoms with E-state index >= 15 is 0 Å². The van der Waals surface area contributed by atoms with Crippen molar-refractivity contribution in [2.45, 2.75) is 0 Å². The number of hydrogen-bond acceptors (Lipinski definition) is 12. The number of anilines is 3. The van der Waals surface area contributed by atoms with Crippen LogP contribution >= 0.6 is 0 Å². The van der Waals surface area contributed by atoms with E-state index in [1.807, 2.05) is 73.9 Å². The number of rotatable bonds is 9. The molecule has 1 amide bonds. The number of aromatic nitrogens is 4. The molecule has 1 N–H and O–H groups in total. The molecular weight excluding hydrogens is 731 g/mol. The van der Waals surface area contributed by atoms with Crippen molar-refractivity contribution in [1.29, 1.82) is 0 Å².